The Morgan fingerprint density at radius 2 is 1.86 bits per heavy atom. The molecule has 0 spiro atoms. The standard InChI is InChI=1S/C22H25N5O2/c1-4-27(5-2)18-9-10-19(15(3)13-18)25-22-23-12-11-20(26-22)24-17-8-6-7-16(14-17)21(28)29/h6-14H,4-5H2,1-3H3,(H,28,29)(H2,23,24,25,26). The van der Waals surface area contributed by atoms with E-state index in [0.29, 0.717) is 17.5 Å². The highest BCUT2D eigenvalue weighted by Crippen LogP contribution is 2.25. The molecule has 0 amide bonds. The molecule has 1 aromatic heterocycles. The van der Waals surface area contributed by atoms with Gasteiger partial charge in [-0.05, 0) is 68.8 Å². The number of aromatic nitrogens is 2. The highest BCUT2D eigenvalue weighted by atomic mass is 16.4. The van der Waals surface area contributed by atoms with Gasteiger partial charge in [0.2, 0.25) is 5.95 Å². The minimum absolute atomic E-state index is 0.214. The van der Waals surface area contributed by atoms with Crippen LogP contribution in [0.1, 0.15) is 29.8 Å². The van der Waals surface area contributed by atoms with Gasteiger partial charge in [-0.1, -0.05) is 6.07 Å². The Labute approximate surface area is 170 Å². The first-order valence-corrected chi connectivity index (χ1v) is 9.56. The summed E-state index contributed by atoms with van der Waals surface area (Å²) in [5.41, 5.74) is 4.09. The minimum atomic E-state index is -0.970. The van der Waals surface area contributed by atoms with E-state index in [1.807, 2.05) is 6.07 Å². The lowest BCUT2D eigenvalue weighted by Gasteiger charge is -2.22. The molecule has 3 N–H and O–H groups in total. The zero-order valence-corrected chi connectivity index (χ0v) is 16.8. The monoisotopic (exact) mass is 391 g/mol. The van der Waals surface area contributed by atoms with Crippen molar-refractivity contribution in [3.05, 3.63) is 65.9 Å². The number of aryl methyl sites for hydroxylation is 1. The molecule has 29 heavy (non-hydrogen) atoms. The summed E-state index contributed by atoms with van der Waals surface area (Å²) in [7, 11) is 0. The number of nitrogens with one attached hydrogen (secondary N) is 2. The maximum absolute atomic E-state index is 11.1. The Bertz CT molecular complexity index is 1000. The van der Waals surface area contributed by atoms with E-state index < -0.39 is 5.97 Å². The van der Waals surface area contributed by atoms with E-state index in [1.54, 1.807) is 36.5 Å². The van der Waals surface area contributed by atoms with Crippen LogP contribution in [0.25, 0.3) is 0 Å². The summed E-state index contributed by atoms with van der Waals surface area (Å²) < 4.78 is 0. The van der Waals surface area contributed by atoms with E-state index in [4.69, 9.17) is 5.11 Å². The third-order valence-electron chi connectivity index (χ3n) is 4.62. The lowest BCUT2D eigenvalue weighted by Crippen LogP contribution is -2.21. The number of hydrogen-bond donors (Lipinski definition) is 3. The lowest BCUT2D eigenvalue weighted by atomic mass is 10.1. The Hall–Kier alpha value is -3.61. The lowest BCUT2D eigenvalue weighted by molar-refractivity contribution is 0.0697. The Morgan fingerprint density at radius 1 is 1.07 bits per heavy atom. The molecular weight excluding hydrogens is 366 g/mol. The van der Waals surface area contributed by atoms with Gasteiger partial charge in [0.25, 0.3) is 0 Å². The molecule has 0 saturated carbocycles. The second kappa shape index (κ2) is 9.05. The third kappa shape index (κ3) is 5.01. The first kappa shape index (κ1) is 20.1. The largest absolute Gasteiger partial charge is 0.478 e. The summed E-state index contributed by atoms with van der Waals surface area (Å²) in [6, 6.07) is 14.6. The van der Waals surface area contributed by atoms with Crippen molar-refractivity contribution in [2.45, 2.75) is 20.8 Å². The fourth-order valence-corrected chi connectivity index (χ4v) is 3.06. The van der Waals surface area contributed by atoms with Gasteiger partial charge in [-0.3, -0.25) is 0 Å². The molecule has 0 radical (unpaired) electrons. The maximum Gasteiger partial charge on any atom is 0.335 e. The van der Waals surface area contributed by atoms with Crippen molar-refractivity contribution in [2.75, 3.05) is 28.6 Å². The first-order valence-electron chi connectivity index (χ1n) is 9.56. The van der Waals surface area contributed by atoms with Crippen molar-refractivity contribution >= 4 is 34.8 Å². The number of nitrogens with zero attached hydrogens (tertiary/aromatic N) is 3. The number of hydrogen-bond acceptors (Lipinski definition) is 6. The van der Waals surface area contributed by atoms with E-state index in [-0.39, 0.29) is 5.56 Å². The van der Waals surface area contributed by atoms with Crippen molar-refractivity contribution in [1.29, 1.82) is 0 Å². The first-order chi connectivity index (χ1) is 14.0. The van der Waals surface area contributed by atoms with Gasteiger partial charge in [-0.2, -0.15) is 4.98 Å². The number of carboxylic acid groups (broad SMARTS) is 1. The number of anilines is 5. The van der Waals surface area contributed by atoms with Gasteiger partial charge in [0.05, 0.1) is 5.56 Å². The van der Waals surface area contributed by atoms with E-state index in [2.05, 4.69) is 58.4 Å². The average Bonchev–Trinajstić information content (AvgIpc) is 2.71. The molecule has 0 aliphatic carbocycles. The van der Waals surface area contributed by atoms with Crippen LogP contribution in [0.5, 0.6) is 0 Å². The van der Waals surface area contributed by atoms with E-state index in [9.17, 15) is 4.79 Å². The summed E-state index contributed by atoms with van der Waals surface area (Å²) in [4.78, 5) is 22.2. The van der Waals surface area contributed by atoms with Gasteiger partial charge in [0, 0.05) is 36.3 Å². The number of benzene rings is 2. The quantitative estimate of drug-likeness (QED) is 0.507. The molecule has 0 aliphatic rings. The summed E-state index contributed by atoms with van der Waals surface area (Å²) >= 11 is 0. The predicted octanol–water partition coefficient (Wildman–Crippen LogP) is 4.82. The maximum atomic E-state index is 11.1. The molecule has 0 saturated heterocycles. The summed E-state index contributed by atoms with van der Waals surface area (Å²) in [5, 5.41) is 15.5. The third-order valence-corrected chi connectivity index (χ3v) is 4.62. The molecule has 7 heteroatoms. The topological polar surface area (TPSA) is 90.4 Å². The molecular formula is C22H25N5O2. The molecule has 3 rings (SSSR count). The van der Waals surface area contributed by atoms with Gasteiger partial charge < -0.3 is 20.6 Å². The number of aromatic carboxylic acids is 1. The summed E-state index contributed by atoms with van der Waals surface area (Å²) in [6.45, 7) is 8.26. The minimum Gasteiger partial charge on any atom is -0.478 e. The zero-order chi connectivity index (χ0) is 20.8. The molecule has 0 aliphatic heterocycles. The van der Waals surface area contributed by atoms with Crippen molar-refractivity contribution < 1.29 is 9.90 Å². The molecule has 3 aromatic rings. The van der Waals surface area contributed by atoms with E-state index >= 15 is 0 Å². The zero-order valence-electron chi connectivity index (χ0n) is 16.8. The normalized spacial score (nSPS) is 10.4. The summed E-state index contributed by atoms with van der Waals surface area (Å²) in [5.74, 6) is 0.0628. The number of carbonyl (C=O) groups is 1. The molecule has 1 heterocycles. The van der Waals surface area contributed by atoms with E-state index in [1.165, 1.54) is 5.69 Å². The van der Waals surface area contributed by atoms with E-state index in [0.717, 1.165) is 24.3 Å². The van der Waals surface area contributed by atoms with Gasteiger partial charge in [-0.25, -0.2) is 9.78 Å². The van der Waals surface area contributed by atoms with Gasteiger partial charge in [-0.15, -0.1) is 0 Å². The summed E-state index contributed by atoms with van der Waals surface area (Å²) in [6.07, 6.45) is 1.65. The van der Waals surface area contributed by atoms with Crippen LogP contribution in [0.15, 0.2) is 54.7 Å². The second-order valence-corrected chi connectivity index (χ2v) is 6.57. The van der Waals surface area contributed by atoms with Crippen LogP contribution in [0.3, 0.4) is 0 Å². The fourth-order valence-electron chi connectivity index (χ4n) is 3.06. The molecule has 0 unspecified atom stereocenters. The van der Waals surface area contributed by atoms with Crippen LogP contribution >= 0.6 is 0 Å². The van der Waals surface area contributed by atoms with Crippen LogP contribution in [-0.4, -0.2) is 34.1 Å². The molecule has 2 aromatic carbocycles. The molecule has 0 bridgehead atoms. The van der Waals surface area contributed by atoms with Crippen LogP contribution < -0.4 is 15.5 Å². The highest BCUT2D eigenvalue weighted by Gasteiger charge is 2.08. The second-order valence-electron chi connectivity index (χ2n) is 6.57. The Kier molecular flexibility index (Phi) is 6.29. The molecule has 0 atom stereocenters. The van der Waals surface area contributed by atoms with Gasteiger partial charge in [0.1, 0.15) is 5.82 Å². The molecule has 7 nitrogen and oxygen atoms in total. The van der Waals surface area contributed by atoms with Gasteiger partial charge >= 0.3 is 5.97 Å². The van der Waals surface area contributed by atoms with Crippen molar-refractivity contribution in [1.82, 2.24) is 9.97 Å². The molecule has 0 fully saturated rings. The number of carboxylic acids is 1. The predicted molar refractivity (Wildman–Crippen MR) is 117 cm³/mol. The molecule has 150 valence electrons. The Morgan fingerprint density at radius 3 is 2.55 bits per heavy atom. The highest BCUT2D eigenvalue weighted by molar-refractivity contribution is 5.89. The van der Waals surface area contributed by atoms with Crippen LogP contribution in [0, 0.1) is 6.92 Å². The average molecular weight is 391 g/mol. The smallest absolute Gasteiger partial charge is 0.335 e. The van der Waals surface area contributed by atoms with Crippen LogP contribution in [0.2, 0.25) is 0 Å². The van der Waals surface area contributed by atoms with Crippen molar-refractivity contribution in [3.63, 3.8) is 0 Å². The fraction of sp³-hybridized carbons (Fsp3) is 0.227. The SMILES string of the molecule is CCN(CC)c1ccc(Nc2nccc(Nc3cccc(C(=O)O)c3)n2)c(C)c1. The van der Waals surface area contributed by atoms with Crippen molar-refractivity contribution in [2.24, 2.45) is 0 Å². The number of rotatable bonds is 8. The van der Waals surface area contributed by atoms with Gasteiger partial charge in [0.15, 0.2) is 0 Å². The Balaban J connectivity index is 1.76. The van der Waals surface area contributed by atoms with Crippen LogP contribution in [-0.2, 0) is 0 Å². The van der Waals surface area contributed by atoms with Crippen LogP contribution in [0.4, 0.5) is 28.8 Å². The van der Waals surface area contributed by atoms with Crippen molar-refractivity contribution in [3.8, 4) is 0 Å².